The molecule has 0 aromatic heterocycles. The van der Waals surface area contributed by atoms with Crippen molar-refractivity contribution < 1.29 is 14.4 Å². The molecule has 1 saturated heterocycles. The van der Waals surface area contributed by atoms with Crippen molar-refractivity contribution in [2.45, 2.75) is 13.0 Å². The minimum atomic E-state index is 0.0164. The SMILES string of the molecule is O=C(Cc1ccccc1)Nc1ccc(C[NH+]2CCOCC2)cc1. The number of hydrogen-bond acceptors (Lipinski definition) is 2. The molecule has 23 heavy (non-hydrogen) atoms. The molecule has 4 nitrogen and oxygen atoms in total. The monoisotopic (exact) mass is 311 g/mol. The Hall–Kier alpha value is -2.17. The molecule has 0 saturated carbocycles. The second-order valence-corrected chi connectivity index (χ2v) is 5.95. The van der Waals surface area contributed by atoms with Crippen molar-refractivity contribution in [3.63, 3.8) is 0 Å². The van der Waals surface area contributed by atoms with E-state index in [4.69, 9.17) is 4.74 Å². The van der Waals surface area contributed by atoms with E-state index in [1.165, 1.54) is 5.56 Å². The normalized spacial score (nSPS) is 15.3. The van der Waals surface area contributed by atoms with Gasteiger partial charge in [-0.25, -0.2) is 0 Å². The number of benzene rings is 2. The van der Waals surface area contributed by atoms with E-state index in [-0.39, 0.29) is 5.91 Å². The van der Waals surface area contributed by atoms with Gasteiger partial charge in [0.25, 0.3) is 0 Å². The molecular weight excluding hydrogens is 288 g/mol. The number of morpholine rings is 1. The van der Waals surface area contributed by atoms with Gasteiger partial charge in [0.1, 0.15) is 19.6 Å². The summed E-state index contributed by atoms with van der Waals surface area (Å²) < 4.78 is 5.38. The lowest BCUT2D eigenvalue weighted by Gasteiger charge is -2.23. The van der Waals surface area contributed by atoms with Crippen molar-refractivity contribution in [2.24, 2.45) is 0 Å². The second-order valence-electron chi connectivity index (χ2n) is 5.95. The van der Waals surface area contributed by atoms with E-state index in [0.717, 1.165) is 44.1 Å². The molecule has 120 valence electrons. The van der Waals surface area contributed by atoms with Crippen LogP contribution in [0.15, 0.2) is 54.6 Å². The number of amides is 1. The van der Waals surface area contributed by atoms with Gasteiger partial charge in [-0.05, 0) is 17.7 Å². The molecule has 1 amide bonds. The molecule has 0 bridgehead atoms. The molecule has 2 aromatic rings. The van der Waals surface area contributed by atoms with Gasteiger partial charge in [-0.3, -0.25) is 4.79 Å². The van der Waals surface area contributed by atoms with Gasteiger partial charge in [0.05, 0.1) is 19.6 Å². The third kappa shape index (κ3) is 4.91. The smallest absolute Gasteiger partial charge is 0.228 e. The zero-order valence-electron chi connectivity index (χ0n) is 13.3. The summed E-state index contributed by atoms with van der Waals surface area (Å²) in [6, 6.07) is 18.0. The van der Waals surface area contributed by atoms with Crippen LogP contribution in [0.1, 0.15) is 11.1 Å². The summed E-state index contributed by atoms with van der Waals surface area (Å²) in [4.78, 5) is 13.6. The number of quaternary nitrogens is 1. The van der Waals surface area contributed by atoms with Crippen molar-refractivity contribution in [1.82, 2.24) is 0 Å². The first-order chi connectivity index (χ1) is 11.3. The van der Waals surface area contributed by atoms with Crippen molar-refractivity contribution >= 4 is 11.6 Å². The molecule has 3 rings (SSSR count). The van der Waals surface area contributed by atoms with E-state index >= 15 is 0 Å². The van der Waals surface area contributed by atoms with Crippen molar-refractivity contribution in [1.29, 1.82) is 0 Å². The van der Waals surface area contributed by atoms with Crippen molar-refractivity contribution in [3.05, 3.63) is 65.7 Å². The Morgan fingerprint density at radius 1 is 0.957 bits per heavy atom. The highest BCUT2D eigenvalue weighted by Crippen LogP contribution is 2.10. The molecule has 0 unspecified atom stereocenters. The highest BCUT2D eigenvalue weighted by molar-refractivity contribution is 5.92. The Balaban J connectivity index is 1.51. The predicted molar refractivity (Wildman–Crippen MR) is 90.4 cm³/mol. The number of ether oxygens (including phenoxy) is 1. The highest BCUT2D eigenvalue weighted by Gasteiger charge is 2.14. The van der Waals surface area contributed by atoms with Gasteiger partial charge in [-0.2, -0.15) is 0 Å². The van der Waals surface area contributed by atoms with Gasteiger partial charge in [0.15, 0.2) is 0 Å². The summed E-state index contributed by atoms with van der Waals surface area (Å²) in [5.74, 6) is 0.0164. The average molecular weight is 311 g/mol. The lowest BCUT2D eigenvalue weighted by Crippen LogP contribution is -3.12. The average Bonchev–Trinajstić information content (AvgIpc) is 2.58. The van der Waals surface area contributed by atoms with Crippen LogP contribution in [-0.4, -0.2) is 32.2 Å². The fraction of sp³-hybridized carbons (Fsp3) is 0.316. The molecule has 1 heterocycles. The number of anilines is 1. The van der Waals surface area contributed by atoms with Gasteiger partial charge in [0.2, 0.25) is 5.91 Å². The number of rotatable bonds is 5. The van der Waals surface area contributed by atoms with E-state index in [1.54, 1.807) is 4.90 Å². The molecule has 2 N–H and O–H groups in total. The topological polar surface area (TPSA) is 42.8 Å². The van der Waals surface area contributed by atoms with Crippen molar-refractivity contribution in [2.75, 3.05) is 31.6 Å². The van der Waals surface area contributed by atoms with Crippen LogP contribution in [0.2, 0.25) is 0 Å². The van der Waals surface area contributed by atoms with Crippen LogP contribution in [0.25, 0.3) is 0 Å². The Kier molecular flexibility index (Phi) is 5.40. The molecule has 0 aliphatic carbocycles. The summed E-state index contributed by atoms with van der Waals surface area (Å²) in [5.41, 5.74) is 3.17. The van der Waals surface area contributed by atoms with E-state index < -0.39 is 0 Å². The van der Waals surface area contributed by atoms with Crippen LogP contribution in [-0.2, 0) is 22.5 Å². The maximum Gasteiger partial charge on any atom is 0.228 e. The largest absolute Gasteiger partial charge is 0.370 e. The Bertz CT molecular complexity index is 620. The predicted octanol–water partition coefficient (Wildman–Crippen LogP) is 1.28. The molecule has 1 fully saturated rings. The van der Waals surface area contributed by atoms with Gasteiger partial charge in [-0.15, -0.1) is 0 Å². The van der Waals surface area contributed by atoms with E-state index in [1.807, 2.05) is 42.5 Å². The van der Waals surface area contributed by atoms with E-state index in [9.17, 15) is 4.79 Å². The van der Waals surface area contributed by atoms with Gasteiger partial charge in [0, 0.05) is 11.3 Å². The van der Waals surface area contributed by atoms with Crippen molar-refractivity contribution in [3.8, 4) is 0 Å². The maximum absolute atomic E-state index is 12.1. The fourth-order valence-corrected chi connectivity index (χ4v) is 2.82. The third-order valence-corrected chi connectivity index (χ3v) is 4.10. The second kappa shape index (κ2) is 7.90. The highest BCUT2D eigenvalue weighted by atomic mass is 16.5. The first kappa shape index (κ1) is 15.7. The molecule has 0 radical (unpaired) electrons. The zero-order chi connectivity index (χ0) is 15.9. The van der Waals surface area contributed by atoms with Crippen LogP contribution in [0.5, 0.6) is 0 Å². The van der Waals surface area contributed by atoms with E-state index in [0.29, 0.717) is 6.42 Å². The zero-order valence-corrected chi connectivity index (χ0v) is 13.3. The van der Waals surface area contributed by atoms with Crippen LogP contribution in [0.3, 0.4) is 0 Å². The first-order valence-corrected chi connectivity index (χ1v) is 8.13. The summed E-state index contributed by atoms with van der Waals surface area (Å²) in [7, 11) is 0. The summed E-state index contributed by atoms with van der Waals surface area (Å²) in [5, 5.41) is 2.96. The Morgan fingerprint density at radius 3 is 2.35 bits per heavy atom. The lowest BCUT2D eigenvalue weighted by molar-refractivity contribution is -0.921. The van der Waals surface area contributed by atoms with Crippen LogP contribution in [0, 0.1) is 0 Å². The first-order valence-electron chi connectivity index (χ1n) is 8.13. The van der Waals surface area contributed by atoms with Gasteiger partial charge >= 0.3 is 0 Å². The molecule has 1 aliphatic rings. The quantitative estimate of drug-likeness (QED) is 0.874. The maximum atomic E-state index is 12.1. The molecular formula is C19H23N2O2+. The number of hydrogen-bond donors (Lipinski definition) is 2. The number of carbonyl (C=O) groups is 1. The molecule has 2 aromatic carbocycles. The summed E-state index contributed by atoms with van der Waals surface area (Å²) in [6.07, 6.45) is 0.403. The molecule has 1 aliphatic heterocycles. The van der Waals surface area contributed by atoms with Crippen LogP contribution >= 0.6 is 0 Å². The summed E-state index contributed by atoms with van der Waals surface area (Å²) in [6.45, 7) is 4.85. The molecule has 0 spiro atoms. The van der Waals surface area contributed by atoms with Crippen LogP contribution < -0.4 is 10.2 Å². The number of carbonyl (C=O) groups excluding carboxylic acids is 1. The number of nitrogens with one attached hydrogen (secondary N) is 2. The molecule has 4 heteroatoms. The Labute approximate surface area is 137 Å². The minimum absolute atomic E-state index is 0.0164. The van der Waals surface area contributed by atoms with Crippen LogP contribution in [0.4, 0.5) is 5.69 Å². The van der Waals surface area contributed by atoms with E-state index in [2.05, 4.69) is 17.4 Å². The lowest BCUT2D eigenvalue weighted by atomic mass is 10.1. The third-order valence-electron chi connectivity index (χ3n) is 4.10. The van der Waals surface area contributed by atoms with Gasteiger partial charge < -0.3 is 15.0 Å². The standard InChI is InChI=1S/C19H22N2O2/c22-19(14-16-4-2-1-3-5-16)20-18-8-6-17(7-9-18)15-21-10-12-23-13-11-21/h1-9H,10-15H2,(H,20,22)/p+1. The Morgan fingerprint density at radius 2 is 1.65 bits per heavy atom. The summed E-state index contributed by atoms with van der Waals surface area (Å²) >= 11 is 0. The fourth-order valence-electron chi connectivity index (χ4n) is 2.82. The van der Waals surface area contributed by atoms with Gasteiger partial charge in [-0.1, -0.05) is 42.5 Å². The molecule has 0 atom stereocenters. The minimum Gasteiger partial charge on any atom is -0.370 e.